The Balaban J connectivity index is 2.45. The predicted molar refractivity (Wildman–Crippen MR) is 74.6 cm³/mol. The molecule has 1 aromatic rings. The maximum Gasteiger partial charge on any atom is 0.115 e. The Morgan fingerprint density at radius 1 is 1.06 bits per heavy atom. The van der Waals surface area contributed by atoms with E-state index in [0.29, 0.717) is 24.9 Å². The van der Waals surface area contributed by atoms with Gasteiger partial charge in [0.25, 0.3) is 0 Å². The van der Waals surface area contributed by atoms with Crippen molar-refractivity contribution in [2.75, 3.05) is 32.7 Å². The van der Waals surface area contributed by atoms with Crippen molar-refractivity contribution in [1.29, 1.82) is 0 Å². The first-order chi connectivity index (χ1) is 8.76. The quantitative estimate of drug-likeness (QED) is 0.378. The molecule has 5 nitrogen and oxygen atoms in total. The lowest BCUT2D eigenvalue weighted by Crippen LogP contribution is -2.43. The molecule has 0 radical (unpaired) electrons. The van der Waals surface area contributed by atoms with Crippen LogP contribution in [-0.2, 0) is 6.42 Å². The van der Waals surface area contributed by atoms with Crippen molar-refractivity contribution in [1.82, 2.24) is 10.6 Å². The minimum Gasteiger partial charge on any atom is -0.508 e. The fraction of sp³-hybridized carbons (Fsp3) is 0.538. The van der Waals surface area contributed by atoms with Gasteiger partial charge in [0, 0.05) is 38.8 Å². The summed E-state index contributed by atoms with van der Waals surface area (Å²) in [7, 11) is 0. The second kappa shape index (κ2) is 8.88. The number of hydrogen-bond acceptors (Lipinski definition) is 5. The van der Waals surface area contributed by atoms with Crippen LogP contribution < -0.4 is 22.1 Å². The Hall–Kier alpha value is -1.14. The third-order valence-corrected chi connectivity index (χ3v) is 2.71. The van der Waals surface area contributed by atoms with Crippen molar-refractivity contribution in [3.05, 3.63) is 29.8 Å². The average Bonchev–Trinajstić information content (AvgIpc) is 2.38. The van der Waals surface area contributed by atoms with E-state index in [0.717, 1.165) is 26.1 Å². The van der Waals surface area contributed by atoms with E-state index in [9.17, 15) is 5.11 Å². The Kier molecular flexibility index (Phi) is 7.36. The maximum absolute atomic E-state index is 9.25. The topological polar surface area (TPSA) is 96.3 Å². The number of aromatic hydroxyl groups is 1. The largest absolute Gasteiger partial charge is 0.508 e. The Morgan fingerprint density at radius 3 is 2.33 bits per heavy atom. The van der Waals surface area contributed by atoms with Gasteiger partial charge in [0.15, 0.2) is 0 Å². The van der Waals surface area contributed by atoms with E-state index in [1.165, 1.54) is 5.56 Å². The minimum atomic E-state index is 0.298. The van der Waals surface area contributed by atoms with Crippen molar-refractivity contribution >= 4 is 0 Å². The lowest BCUT2D eigenvalue weighted by Gasteiger charge is -2.19. The van der Waals surface area contributed by atoms with E-state index in [1.807, 2.05) is 12.1 Å². The molecule has 7 N–H and O–H groups in total. The second-order valence-corrected chi connectivity index (χ2v) is 4.30. The predicted octanol–water partition coefficient (Wildman–Crippen LogP) is -0.600. The fourth-order valence-electron chi connectivity index (χ4n) is 1.80. The molecule has 0 aromatic heterocycles. The molecule has 1 unspecified atom stereocenters. The molecular formula is C13H24N4O. The van der Waals surface area contributed by atoms with Gasteiger partial charge in [-0.2, -0.15) is 0 Å². The van der Waals surface area contributed by atoms with Gasteiger partial charge < -0.3 is 27.2 Å². The molecule has 18 heavy (non-hydrogen) atoms. The average molecular weight is 252 g/mol. The summed E-state index contributed by atoms with van der Waals surface area (Å²) in [5.41, 5.74) is 12.2. The molecule has 0 spiro atoms. The summed E-state index contributed by atoms with van der Waals surface area (Å²) < 4.78 is 0. The normalized spacial score (nSPS) is 12.6. The van der Waals surface area contributed by atoms with Crippen molar-refractivity contribution in [2.45, 2.75) is 12.5 Å². The SMILES string of the molecule is NCCNCC(Cc1ccc(O)cc1)NCCN. The van der Waals surface area contributed by atoms with Gasteiger partial charge in [-0.1, -0.05) is 12.1 Å². The summed E-state index contributed by atoms with van der Waals surface area (Å²) in [5.74, 6) is 0.298. The van der Waals surface area contributed by atoms with Gasteiger partial charge in [0.2, 0.25) is 0 Å². The molecule has 0 bridgehead atoms. The molecule has 1 rings (SSSR count). The van der Waals surface area contributed by atoms with Gasteiger partial charge in [-0.3, -0.25) is 0 Å². The monoisotopic (exact) mass is 252 g/mol. The lowest BCUT2D eigenvalue weighted by molar-refractivity contribution is 0.471. The Bertz CT molecular complexity index is 315. The van der Waals surface area contributed by atoms with E-state index in [1.54, 1.807) is 12.1 Å². The van der Waals surface area contributed by atoms with Gasteiger partial charge in [0.1, 0.15) is 5.75 Å². The van der Waals surface area contributed by atoms with Crippen molar-refractivity contribution in [2.24, 2.45) is 11.5 Å². The number of benzene rings is 1. The number of phenols is 1. The molecule has 0 saturated carbocycles. The number of rotatable bonds is 9. The Labute approximate surface area is 109 Å². The highest BCUT2D eigenvalue weighted by atomic mass is 16.3. The highest BCUT2D eigenvalue weighted by Crippen LogP contribution is 2.11. The zero-order chi connectivity index (χ0) is 13.2. The van der Waals surface area contributed by atoms with Crippen molar-refractivity contribution in [3.8, 4) is 5.75 Å². The molecule has 0 fully saturated rings. The Morgan fingerprint density at radius 2 is 1.72 bits per heavy atom. The van der Waals surface area contributed by atoms with Crippen LogP contribution in [0.4, 0.5) is 0 Å². The van der Waals surface area contributed by atoms with E-state index in [4.69, 9.17) is 11.5 Å². The fourth-order valence-corrected chi connectivity index (χ4v) is 1.80. The third kappa shape index (κ3) is 5.97. The molecule has 102 valence electrons. The van der Waals surface area contributed by atoms with E-state index < -0.39 is 0 Å². The molecule has 0 heterocycles. The number of nitrogens with one attached hydrogen (secondary N) is 2. The number of phenolic OH excluding ortho intramolecular Hbond substituents is 1. The van der Waals surface area contributed by atoms with Crippen molar-refractivity contribution in [3.63, 3.8) is 0 Å². The summed E-state index contributed by atoms with van der Waals surface area (Å²) >= 11 is 0. The van der Waals surface area contributed by atoms with Crippen LogP contribution in [0.15, 0.2) is 24.3 Å². The molecule has 0 aliphatic heterocycles. The smallest absolute Gasteiger partial charge is 0.115 e. The van der Waals surface area contributed by atoms with Crippen LogP contribution in [0.5, 0.6) is 5.75 Å². The molecule has 0 aliphatic rings. The van der Waals surface area contributed by atoms with E-state index in [-0.39, 0.29) is 0 Å². The van der Waals surface area contributed by atoms with Crippen LogP contribution in [0.3, 0.4) is 0 Å². The van der Waals surface area contributed by atoms with Crippen LogP contribution in [0, 0.1) is 0 Å². The van der Waals surface area contributed by atoms with Gasteiger partial charge in [-0.25, -0.2) is 0 Å². The zero-order valence-electron chi connectivity index (χ0n) is 10.7. The standard InChI is InChI=1S/C13H24N4O/c14-5-7-16-10-12(17-8-6-15)9-11-1-3-13(18)4-2-11/h1-4,12,16-18H,5-10,14-15H2. The molecule has 1 atom stereocenters. The first kappa shape index (κ1) is 14.9. The minimum absolute atomic E-state index is 0.298. The highest BCUT2D eigenvalue weighted by molar-refractivity contribution is 5.26. The van der Waals surface area contributed by atoms with Gasteiger partial charge in [-0.15, -0.1) is 0 Å². The molecule has 0 amide bonds. The van der Waals surface area contributed by atoms with Crippen LogP contribution >= 0.6 is 0 Å². The lowest BCUT2D eigenvalue weighted by atomic mass is 10.1. The summed E-state index contributed by atoms with van der Waals surface area (Å²) in [4.78, 5) is 0. The summed E-state index contributed by atoms with van der Waals surface area (Å²) in [5, 5.41) is 15.9. The van der Waals surface area contributed by atoms with Crippen LogP contribution in [0.25, 0.3) is 0 Å². The van der Waals surface area contributed by atoms with Crippen LogP contribution in [-0.4, -0.2) is 43.9 Å². The summed E-state index contributed by atoms with van der Waals surface area (Å²) in [6, 6.07) is 7.63. The summed E-state index contributed by atoms with van der Waals surface area (Å²) in [6.07, 6.45) is 0.901. The highest BCUT2D eigenvalue weighted by Gasteiger charge is 2.08. The molecule has 0 saturated heterocycles. The first-order valence-electron chi connectivity index (χ1n) is 6.38. The zero-order valence-corrected chi connectivity index (χ0v) is 10.7. The van der Waals surface area contributed by atoms with Crippen LogP contribution in [0.1, 0.15) is 5.56 Å². The third-order valence-electron chi connectivity index (χ3n) is 2.71. The van der Waals surface area contributed by atoms with Crippen molar-refractivity contribution < 1.29 is 5.11 Å². The number of nitrogens with two attached hydrogens (primary N) is 2. The number of hydrogen-bond donors (Lipinski definition) is 5. The first-order valence-corrected chi connectivity index (χ1v) is 6.38. The molecule has 5 heteroatoms. The second-order valence-electron chi connectivity index (χ2n) is 4.30. The van der Waals surface area contributed by atoms with Crippen LogP contribution in [0.2, 0.25) is 0 Å². The van der Waals surface area contributed by atoms with E-state index >= 15 is 0 Å². The molecule has 1 aromatic carbocycles. The van der Waals surface area contributed by atoms with E-state index in [2.05, 4.69) is 10.6 Å². The summed E-state index contributed by atoms with van der Waals surface area (Å²) in [6.45, 7) is 3.74. The van der Waals surface area contributed by atoms with Gasteiger partial charge in [-0.05, 0) is 24.1 Å². The maximum atomic E-state index is 9.25. The van der Waals surface area contributed by atoms with Gasteiger partial charge in [0.05, 0.1) is 0 Å². The molecular weight excluding hydrogens is 228 g/mol. The molecule has 0 aliphatic carbocycles. The van der Waals surface area contributed by atoms with Gasteiger partial charge >= 0.3 is 0 Å².